The quantitative estimate of drug-likeness (QED) is 0.664. The van der Waals surface area contributed by atoms with Crippen molar-refractivity contribution >= 4 is 17.5 Å². The molecule has 0 amide bonds. The average Bonchev–Trinajstić information content (AvgIpc) is 2.66. The fraction of sp³-hybridized carbons (Fsp3) is 0.348. The first-order valence-electron chi connectivity index (χ1n) is 9.65. The van der Waals surface area contributed by atoms with E-state index in [1.807, 2.05) is 31.5 Å². The first-order valence-corrected chi connectivity index (χ1v) is 9.65. The smallest absolute Gasteiger partial charge is 0.229 e. The van der Waals surface area contributed by atoms with Crippen LogP contribution in [0.25, 0.3) is 0 Å². The molecule has 2 aromatic heterocycles. The van der Waals surface area contributed by atoms with Crippen molar-refractivity contribution in [2.75, 3.05) is 23.8 Å². The second-order valence-electron chi connectivity index (χ2n) is 8.14. The third-order valence-corrected chi connectivity index (χ3v) is 4.70. The fourth-order valence-electron chi connectivity index (χ4n) is 3.13. The maximum absolute atomic E-state index is 4.76. The number of anilines is 3. The van der Waals surface area contributed by atoms with Gasteiger partial charge in [0.1, 0.15) is 5.82 Å². The zero-order chi connectivity index (χ0) is 20.1. The van der Waals surface area contributed by atoms with E-state index in [1.165, 1.54) is 11.1 Å². The van der Waals surface area contributed by atoms with E-state index in [-0.39, 0.29) is 5.41 Å². The Kier molecular flexibility index (Phi) is 5.93. The summed E-state index contributed by atoms with van der Waals surface area (Å²) < 4.78 is 0. The molecule has 5 heteroatoms. The van der Waals surface area contributed by atoms with Gasteiger partial charge in [0.05, 0.1) is 0 Å². The van der Waals surface area contributed by atoms with Crippen LogP contribution in [-0.4, -0.2) is 28.5 Å². The van der Waals surface area contributed by atoms with Gasteiger partial charge in [-0.15, -0.1) is 0 Å². The van der Waals surface area contributed by atoms with Gasteiger partial charge in [-0.1, -0.05) is 39.0 Å². The SMILES string of the molecule is Cc1cc(N(C)CCc2ccncc2)nc(Nc2ccccc2C(C)(C)C)n1. The van der Waals surface area contributed by atoms with Gasteiger partial charge in [0, 0.05) is 43.4 Å². The standard InChI is InChI=1S/C23H29N5/c1-17-16-21(28(5)15-12-18-10-13-24-14-11-18)27-22(25-17)26-20-9-7-6-8-19(20)23(2,3)4/h6-11,13-14,16H,12,15H2,1-5H3,(H,25,26,27). The summed E-state index contributed by atoms with van der Waals surface area (Å²) in [6.07, 6.45) is 4.61. The first kappa shape index (κ1) is 19.8. The number of aromatic nitrogens is 3. The normalized spacial score (nSPS) is 11.3. The van der Waals surface area contributed by atoms with Crippen molar-refractivity contribution in [3.8, 4) is 0 Å². The van der Waals surface area contributed by atoms with Gasteiger partial charge in [0.2, 0.25) is 5.95 Å². The summed E-state index contributed by atoms with van der Waals surface area (Å²) in [7, 11) is 2.07. The Morgan fingerprint density at radius 3 is 2.43 bits per heavy atom. The number of para-hydroxylation sites is 1. The molecule has 2 heterocycles. The van der Waals surface area contributed by atoms with Crippen molar-refractivity contribution < 1.29 is 0 Å². The second-order valence-corrected chi connectivity index (χ2v) is 8.14. The molecule has 0 radical (unpaired) electrons. The summed E-state index contributed by atoms with van der Waals surface area (Å²) >= 11 is 0. The zero-order valence-corrected chi connectivity index (χ0v) is 17.4. The molecule has 0 atom stereocenters. The highest BCUT2D eigenvalue weighted by Gasteiger charge is 2.18. The van der Waals surface area contributed by atoms with Crippen molar-refractivity contribution in [2.45, 2.75) is 39.5 Å². The topological polar surface area (TPSA) is 53.9 Å². The molecule has 146 valence electrons. The number of hydrogen-bond acceptors (Lipinski definition) is 5. The third kappa shape index (κ3) is 5.06. The van der Waals surface area contributed by atoms with Crippen LogP contribution in [-0.2, 0) is 11.8 Å². The molecule has 3 aromatic rings. The Bertz CT molecular complexity index is 916. The monoisotopic (exact) mass is 375 g/mol. The molecule has 0 aliphatic heterocycles. The Balaban J connectivity index is 1.78. The summed E-state index contributed by atoms with van der Waals surface area (Å²) in [6.45, 7) is 9.51. The van der Waals surface area contributed by atoms with Crippen LogP contribution in [0, 0.1) is 6.92 Å². The number of nitrogens with zero attached hydrogens (tertiary/aromatic N) is 4. The molecule has 0 aliphatic carbocycles. The van der Waals surface area contributed by atoms with Crippen LogP contribution in [0.4, 0.5) is 17.5 Å². The molecule has 0 fully saturated rings. The Labute approximate surface area is 167 Å². The minimum atomic E-state index is 0.0393. The van der Waals surface area contributed by atoms with Crippen molar-refractivity contribution in [1.82, 2.24) is 15.0 Å². The number of hydrogen-bond donors (Lipinski definition) is 1. The maximum atomic E-state index is 4.76. The largest absolute Gasteiger partial charge is 0.359 e. The third-order valence-electron chi connectivity index (χ3n) is 4.70. The van der Waals surface area contributed by atoms with E-state index < -0.39 is 0 Å². The van der Waals surface area contributed by atoms with Crippen molar-refractivity contribution in [3.63, 3.8) is 0 Å². The summed E-state index contributed by atoms with van der Waals surface area (Å²) in [4.78, 5) is 15.6. The Hall–Kier alpha value is -2.95. The highest BCUT2D eigenvalue weighted by Crippen LogP contribution is 2.30. The van der Waals surface area contributed by atoms with E-state index in [9.17, 15) is 0 Å². The Morgan fingerprint density at radius 2 is 1.71 bits per heavy atom. The molecule has 3 rings (SSSR count). The molecule has 0 bridgehead atoms. The van der Waals surface area contributed by atoms with E-state index in [4.69, 9.17) is 4.98 Å². The maximum Gasteiger partial charge on any atom is 0.229 e. The lowest BCUT2D eigenvalue weighted by Crippen LogP contribution is -2.22. The predicted octanol–water partition coefficient (Wildman–Crippen LogP) is 4.90. The van der Waals surface area contributed by atoms with Gasteiger partial charge < -0.3 is 10.2 Å². The number of aryl methyl sites for hydroxylation is 1. The minimum absolute atomic E-state index is 0.0393. The van der Waals surface area contributed by atoms with Crippen LogP contribution in [0.15, 0.2) is 54.9 Å². The van der Waals surface area contributed by atoms with Crippen molar-refractivity contribution in [2.24, 2.45) is 0 Å². The molecule has 1 N–H and O–H groups in total. The fourth-order valence-corrected chi connectivity index (χ4v) is 3.13. The van der Waals surface area contributed by atoms with Crippen LogP contribution >= 0.6 is 0 Å². The van der Waals surface area contributed by atoms with E-state index in [1.54, 1.807) is 0 Å². The molecule has 5 nitrogen and oxygen atoms in total. The number of nitrogens with one attached hydrogen (secondary N) is 1. The number of pyridine rings is 1. The van der Waals surface area contributed by atoms with Gasteiger partial charge in [-0.3, -0.25) is 4.98 Å². The average molecular weight is 376 g/mol. The molecule has 0 aliphatic rings. The van der Waals surface area contributed by atoms with E-state index in [0.29, 0.717) is 5.95 Å². The number of benzene rings is 1. The van der Waals surface area contributed by atoms with E-state index in [2.05, 4.69) is 78.3 Å². The molecule has 1 aromatic carbocycles. The van der Waals surface area contributed by atoms with Gasteiger partial charge in [-0.05, 0) is 48.1 Å². The molecular weight excluding hydrogens is 346 g/mol. The first-order chi connectivity index (χ1) is 13.3. The number of likely N-dealkylation sites (N-methyl/N-ethyl adjacent to an activating group) is 1. The van der Waals surface area contributed by atoms with Crippen LogP contribution in [0.1, 0.15) is 37.6 Å². The van der Waals surface area contributed by atoms with Crippen LogP contribution in [0.3, 0.4) is 0 Å². The zero-order valence-electron chi connectivity index (χ0n) is 17.4. The number of rotatable bonds is 6. The molecule has 0 unspecified atom stereocenters. The van der Waals surface area contributed by atoms with Crippen LogP contribution in [0.5, 0.6) is 0 Å². The molecular formula is C23H29N5. The van der Waals surface area contributed by atoms with Crippen LogP contribution < -0.4 is 10.2 Å². The Morgan fingerprint density at radius 1 is 1.00 bits per heavy atom. The summed E-state index contributed by atoms with van der Waals surface area (Å²) in [5.41, 5.74) is 4.54. The minimum Gasteiger partial charge on any atom is -0.359 e. The van der Waals surface area contributed by atoms with Gasteiger partial charge in [0.25, 0.3) is 0 Å². The lowest BCUT2D eigenvalue weighted by molar-refractivity contribution is 0.592. The highest BCUT2D eigenvalue weighted by molar-refractivity contribution is 5.61. The molecule has 0 saturated carbocycles. The van der Waals surface area contributed by atoms with E-state index >= 15 is 0 Å². The molecule has 28 heavy (non-hydrogen) atoms. The molecule has 0 saturated heterocycles. The van der Waals surface area contributed by atoms with Crippen molar-refractivity contribution in [3.05, 3.63) is 71.7 Å². The van der Waals surface area contributed by atoms with Crippen LogP contribution in [0.2, 0.25) is 0 Å². The summed E-state index contributed by atoms with van der Waals surface area (Å²) in [6, 6.07) is 14.5. The summed E-state index contributed by atoms with van der Waals surface area (Å²) in [5, 5.41) is 3.43. The predicted molar refractivity (Wildman–Crippen MR) is 116 cm³/mol. The summed E-state index contributed by atoms with van der Waals surface area (Å²) in [5.74, 6) is 1.54. The van der Waals surface area contributed by atoms with Gasteiger partial charge >= 0.3 is 0 Å². The highest BCUT2D eigenvalue weighted by atomic mass is 15.2. The lowest BCUT2D eigenvalue weighted by Gasteiger charge is -2.23. The molecule has 0 spiro atoms. The van der Waals surface area contributed by atoms with Gasteiger partial charge in [-0.25, -0.2) is 4.98 Å². The van der Waals surface area contributed by atoms with Crippen molar-refractivity contribution in [1.29, 1.82) is 0 Å². The van der Waals surface area contributed by atoms with Gasteiger partial charge in [-0.2, -0.15) is 4.98 Å². The van der Waals surface area contributed by atoms with Gasteiger partial charge in [0.15, 0.2) is 0 Å². The van der Waals surface area contributed by atoms with E-state index in [0.717, 1.165) is 30.2 Å². The lowest BCUT2D eigenvalue weighted by atomic mass is 9.86. The second kappa shape index (κ2) is 8.38.